The van der Waals surface area contributed by atoms with Gasteiger partial charge in [-0.2, -0.15) is 0 Å². The number of halogens is 1. The monoisotopic (exact) mass is 568 g/mol. The van der Waals surface area contributed by atoms with Crippen LogP contribution in [0.2, 0.25) is 5.15 Å². The number of rotatable bonds is 11. The molecule has 0 bridgehead atoms. The SMILES string of the molecule is CCCCn1c(N2CCOCC2)nc(Cl)c1CN(Cc1ccc(C(=O)OC)cc1)Cc1ccc2c(c1)OCCO2. The van der Waals surface area contributed by atoms with Gasteiger partial charge in [-0.3, -0.25) is 4.90 Å². The highest BCUT2D eigenvalue weighted by atomic mass is 35.5. The lowest BCUT2D eigenvalue weighted by molar-refractivity contribution is 0.0600. The topological polar surface area (TPSA) is 78.3 Å². The van der Waals surface area contributed by atoms with Crippen LogP contribution >= 0.6 is 11.6 Å². The molecule has 0 radical (unpaired) electrons. The summed E-state index contributed by atoms with van der Waals surface area (Å²) in [5, 5.41) is 0.533. The number of nitrogens with zero attached hydrogens (tertiary/aromatic N) is 4. The maximum atomic E-state index is 11.9. The molecule has 9 nitrogen and oxygen atoms in total. The van der Waals surface area contributed by atoms with Gasteiger partial charge >= 0.3 is 5.97 Å². The number of morpholine rings is 1. The second-order valence-corrected chi connectivity index (χ2v) is 10.4. The Hall–Kier alpha value is -3.27. The molecule has 2 aromatic carbocycles. The fraction of sp³-hybridized carbons (Fsp3) is 0.467. The highest BCUT2D eigenvalue weighted by Gasteiger charge is 2.24. The maximum Gasteiger partial charge on any atom is 0.337 e. The number of fused-ring (bicyclic) bond motifs is 1. The first-order valence-corrected chi connectivity index (χ1v) is 14.3. The Balaban J connectivity index is 1.44. The summed E-state index contributed by atoms with van der Waals surface area (Å²) in [5.74, 6) is 2.11. The number of benzene rings is 2. The summed E-state index contributed by atoms with van der Waals surface area (Å²) < 4.78 is 24.3. The molecule has 0 atom stereocenters. The average molecular weight is 569 g/mol. The number of unbranched alkanes of at least 4 members (excludes halogenated alkanes) is 1. The van der Waals surface area contributed by atoms with Crippen LogP contribution < -0.4 is 14.4 Å². The number of hydrogen-bond donors (Lipinski definition) is 0. The van der Waals surface area contributed by atoms with Gasteiger partial charge in [0.05, 0.1) is 31.6 Å². The highest BCUT2D eigenvalue weighted by Crippen LogP contribution is 2.32. The first-order chi connectivity index (χ1) is 19.6. The Morgan fingerprint density at radius 2 is 1.68 bits per heavy atom. The van der Waals surface area contributed by atoms with Crippen LogP contribution in [0.5, 0.6) is 11.5 Å². The summed E-state index contributed by atoms with van der Waals surface area (Å²) in [4.78, 5) is 21.4. The number of methoxy groups -OCH3 is 1. The summed E-state index contributed by atoms with van der Waals surface area (Å²) in [6.45, 7) is 9.04. The summed E-state index contributed by atoms with van der Waals surface area (Å²) in [7, 11) is 1.39. The van der Waals surface area contributed by atoms with Crippen molar-refractivity contribution in [3.8, 4) is 11.5 Å². The van der Waals surface area contributed by atoms with E-state index >= 15 is 0 Å². The highest BCUT2D eigenvalue weighted by molar-refractivity contribution is 6.30. The van der Waals surface area contributed by atoms with E-state index < -0.39 is 0 Å². The molecule has 0 N–H and O–H groups in total. The van der Waals surface area contributed by atoms with Crippen molar-refractivity contribution in [1.29, 1.82) is 0 Å². The third-order valence-electron chi connectivity index (χ3n) is 7.20. The van der Waals surface area contributed by atoms with Crippen LogP contribution in [0.4, 0.5) is 5.95 Å². The Kier molecular flexibility index (Phi) is 9.46. The van der Waals surface area contributed by atoms with Gasteiger partial charge in [-0.05, 0) is 41.8 Å². The van der Waals surface area contributed by atoms with Crippen molar-refractivity contribution in [3.63, 3.8) is 0 Å². The largest absolute Gasteiger partial charge is 0.486 e. The van der Waals surface area contributed by atoms with Gasteiger partial charge in [-0.1, -0.05) is 43.1 Å². The van der Waals surface area contributed by atoms with Crippen LogP contribution in [-0.4, -0.2) is 67.0 Å². The van der Waals surface area contributed by atoms with Crippen molar-refractivity contribution in [3.05, 3.63) is 70.0 Å². The molecular weight excluding hydrogens is 532 g/mol. The molecule has 2 aliphatic rings. The molecule has 1 fully saturated rings. The van der Waals surface area contributed by atoms with E-state index in [-0.39, 0.29) is 5.97 Å². The molecule has 5 rings (SSSR count). The number of imidazole rings is 1. The molecule has 214 valence electrons. The minimum absolute atomic E-state index is 0.345. The molecule has 0 spiro atoms. The number of ether oxygens (including phenoxy) is 4. The summed E-state index contributed by atoms with van der Waals surface area (Å²) in [5.41, 5.74) is 3.72. The summed E-state index contributed by atoms with van der Waals surface area (Å²) >= 11 is 6.86. The van der Waals surface area contributed by atoms with Gasteiger partial charge in [0.25, 0.3) is 0 Å². The van der Waals surface area contributed by atoms with Gasteiger partial charge < -0.3 is 28.4 Å². The molecule has 3 aromatic rings. The van der Waals surface area contributed by atoms with Gasteiger partial charge in [-0.15, -0.1) is 0 Å². The van der Waals surface area contributed by atoms with Gasteiger partial charge in [0.2, 0.25) is 5.95 Å². The van der Waals surface area contributed by atoms with Crippen LogP contribution in [0.25, 0.3) is 0 Å². The molecule has 0 saturated carbocycles. The molecule has 1 saturated heterocycles. The lowest BCUT2D eigenvalue weighted by atomic mass is 10.1. The van der Waals surface area contributed by atoms with Crippen molar-refractivity contribution in [1.82, 2.24) is 14.5 Å². The summed E-state index contributed by atoms with van der Waals surface area (Å²) in [6, 6.07) is 13.7. The summed E-state index contributed by atoms with van der Waals surface area (Å²) in [6.07, 6.45) is 2.11. The van der Waals surface area contributed by atoms with E-state index in [1.165, 1.54) is 7.11 Å². The standard InChI is InChI=1S/C30H37ClN4O5/c1-3-4-11-35-25(28(31)32-30(35)34-12-14-38-15-13-34)21-33(19-22-5-8-24(9-6-22)29(36)37-2)20-23-7-10-26-27(18-23)40-17-16-39-26/h5-10,18H,3-4,11-17,19-21H2,1-2H3. The lowest BCUT2D eigenvalue weighted by Gasteiger charge is -2.29. The number of carbonyl (C=O) groups is 1. The molecule has 2 aliphatic heterocycles. The minimum Gasteiger partial charge on any atom is -0.486 e. The van der Waals surface area contributed by atoms with Crippen molar-refractivity contribution < 1.29 is 23.7 Å². The van der Waals surface area contributed by atoms with Gasteiger partial charge in [0, 0.05) is 39.3 Å². The number of hydrogen-bond acceptors (Lipinski definition) is 8. The number of esters is 1. The fourth-order valence-electron chi connectivity index (χ4n) is 5.10. The molecule has 0 unspecified atom stereocenters. The Morgan fingerprint density at radius 1 is 0.975 bits per heavy atom. The Morgan fingerprint density at radius 3 is 2.40 bits per heavy atom. The van der Waals surface area contributed by atoms with E-state index in [9.17, 15) is 4.79 Å². The van der Waals surface area contributed by atoms with E-state index in [4.69, 9.17) is 35.5 Å². The van der Waals surface area contributed by atoms with Crippen LogP contribution in [0.3, 0.4) is 0 Å². The van der Waals surface area contributed by atoms with E-state index in [0.29, 0.717) is 56.8 Å². The van der Waals surface area contributed by atoms with Crippen LogP contribution in [0.1, 0.15) is 46.9 Å². The minimum atomic E-state index is -0.345. The Bertz CT molecular complexity index is 1290. The average Bonchev–Trinajstić information content (AvgIpc) is 3.30. The van der Waals surface area contributed by atoms with E-state index in [1.54, 1.807) is 12.1 Å². The quantitative estimate of drug-likeness (QED) is 0.301. The second-order valence-electron chi connectivity index (χ2n) is 10.1. The molecule has 1 aromatic heterocycles. The fourth-order valence-corrected chi connectivity index (χ4v) is 5.33. The predicted octanol–water partition coefficient (Wildman–Crippen LogP) is 4.93. The van der Waals surface area contributed by atoms with Gasteiger partial charge in [0.15, 0.2) is 16.7 Å². The van der Waals surface area contributed by atoms with Gasteiger partial charge in [-0.25, -0.2) is 9.78 Å². The lowest BCUT2D eigenvalue weighted by Crippen LogP contribution is -2.38. The van der Waals surface area contributed by atoms with Crippen molar-refractivity contribution in [2.45, 2.75) is 45.9 Å². The van der Waals surface area contributed by atoms with E-state index in [2.05, 4.69) is 33.4 Å². The zero-order valence-corrected chi connectivity index (χ0v) is 24.0. The van der Waals surface area contributed by atoms with E-state index in [0.717, 1.165) is 66.7 Å². The molecule has 40 heavy (non-hydrogen) atoms. The molecule has 0 aliphatic carbocycles. The normalized spacial score (nSPS) is 14.9. The van der Waals surface area contributed by atoms with Crippen molar-refractivity contribution in [2.24, 2.45) is 0 Å². The number of carbonyl (C=O) groups excluding carboxylic acids is 1. The molecule has 0 amide bonds. The van der Waals surface area contributed by atoms with Crippen LogP contribution in [0.15, 0.2) is 42.5 Å². The first-order valence-electron chi connectivity index (χ1n) is 13.9. The maximum absolute atomic E-state index is 11.9. The van der Waals surface area contributed by atoms with Crippen LogP contribution in [-0.2, 0) is 35.7 Å². The predicted molar refractivity (Wildman–Crippen MR) is 153 cm³/mol. The third-order valence-corrected chi connectivity index (χ3v) is 7.50. The van der Waals surface area contributed by atoms with Crippen molar-refractivity contribution in [2.75, 3.05) is 51.5 Å². The van der Waals surface area contributed by atoms with E-state index in [1.807, 2.05) is 18.2 Å². The smallest absolute Gasteiger partial charge is 0.337 e. The Labute approximate surface area is 240 Å². The second kappa shape index (κ2) is 13.4. The number of anilines is 1. The first kappa shape index (κ1) is 28.3. The number of aromatic nitrogens is 2. The zero-order valence-electron chi connectivity index (χ0n) is 23.2. The molecule has 10 heteroatoms. The van der Waals surface area contributed by atoms with Crippen LogP contribution in [0, 0.1) is 0 Å². The molecule has 3 heterocycles. The molecular formula is C30H37ClN4O5. The van der Waals surface area contributed by atoms with Crippen molar-refractivity contribution >= 4 is 23.5 Å². The zero-order chi connectivity index (χ0) is 27.9. The third kappa shape index (κ3) is 6.71. The van der Waals surface area contributed by atoms with Gasteiger partial charge in [0.1, 0.15) is 13.2 Å².